The third-order valence-corrected chi connectivity index (χ3v) is 8.78. The third-order valence-electron chi connectivity index (χ3n) is 7.36. The number of hydrogen-bond acceptors (Lipinski definition) is 4. The number of nitrogens with zero attached hydrogens (tertiary/aromatic N) is 1. The van der Waals surface area contributed by atoms with E-state index in [1.54, 1.807) is 35.6 Å². The van der Waals surface area contributed by atoms with Crippen LogP contribution in [0.4, 0.5) is 10.7 Å². The summed E-state index contributed by atoms with van der Waals surface area (Å²) in [5, 5.41) is 7.44. The zero-order valence-corrected chi connectivity index (χ0v) is 22.2. The molecule has 7 heteroatoms. The van der Waals surface area contributed by atoms with Gasteiger partial charge in [-0.3, -0.25) is 14.5 Å². The number of carbonyl (C=O) groups is 2. The first-order valence-electron chi connectivity index (χ1n) is 12.4. The van der Waals surface area contributed by atoms with Gasteiger partial charge >= 0.3 is 0 Å². The third kappa shape index (κ3) is 5.84. The molecule has 1 fully saturated rings. The molecule has 2 aliphatic rings. The van der Waals surface area contributed by atoms with Crippen molar-refractivity contribution in [2.45, 2.75) is 72.3 Å². The van der Waals surface area contributed by atoms with Crippen LogP contribution >= 0.6 is 22.9 Å². The predicted molar refractivity (Wildman–Crippen MR) is 142 cm³/mol. The van der Waals surface area contributed by atoms with Crippen molar-refractivity contribution in [2.75, 3.05) is 23.7 Å². The Balaban J connectivity index is 1.59. The molecule has 2 heterocycles. The van der Waals surface area contributed by atoms with Crippen LogP contribution in [0.25, 0.3) is 0 Å². The fraction of sp³-hybridized carbons (Fsp3) is 0.556. The molecule has 2 atom stereocenters. The van der Waals surface area contributed by atoms with Crippen molar-refractivity contribution in [3.8, 4) is 0 Å². The molecule has 1 aliphatic heterocycles. The number of halogens is 1. The van der Waals surface area contributed by atoms with E-state index in [0.29, 0.717) is 39.8 Å². The van der Waals surface area contributed by atoms with Gasteiger partial charge < -0.3 is 10.6 Å². The van der Waals surface area contributed by atoms with Crippen molar-refractivity contribution in [3.63, 3.8) is 0 Å². The number of likely N-dealkylation sites (tertiary alicyclic amines) is 1. The van der Waals surface area contributed by atoms with Crippen molar-refractivity contribution < 1.29 is 9.59 Å². The van der Waals surface area contributed by atoms with Gasteiger partial charge in [-0.25, -0.2) is 0 Å². The highest BCUT2D eigenvalue weighted by molar-refractivity contribution is 7.17. The standard InChI is InChI=1S/C27H36ClN3O2S/c1-17-7-5-6-14-31(17)16-23(32)30-26-24(25(33)29-20-11-9-19(28)10-12-20)21-13-8-18(27(2,3)4)15-22(21)34-26/h9-12,17-18H,5-8,13-16H2,1-4H3,(H,29,33)(H,30,32)/t17-,18-/m1/s1. The molecule has 0 saturated carbocycles. The molecule has 2 aromatic rings. The van der Waals surface area contributed by atoms with Gasteiger partial charge in [0.05, 0.1) is 12.1 Å². The lowest BCUT2D eigenvalue weighted by Gasteiger charge is -2.33. The minimum atomic E-state index is -0.171. The predicted octanol–water partition coefficient (Wildman–Crippen LogP) is 6.62. The van der Waals surface area contributed by atoms with Gasteiger partial charge in [-0.2, -0.15) is 0 Å². The number of piperidine rings is 1. The Morgan fingerprint density at radius 3 is 2.53 bits per heavy atom. The average Bonchev–Trinajstić information content (AvgIpc) is 3.13. The summed E-state index contributed by atoms with van der Waals surface area (Å²) in [4.78, 5) is 30.0. The van der Waals surface area contributed by atoms with Crippen LogP contribution in [0.1, 0.15) is 74.2 Å². The zero-order valence-electron chi connectivity index (χ0n) is 20.7. The van der Waals surface area contributed by atoms with Crippen LogP contribution < -0.4 is 10.6 Å². The topological polar surface area (TPSA) is 61.4 Å². The SMILES string of the molecule is C[C@@H]1CCCCN1CC(=O)Nc1sc2c(c1C(=O)Nc1ccc(Cl)cc1)CC[C@@H](C(C)(C)C)C2. The highest BCUT2D eigenvalue weighted by Gasteiger charge is 2.34. The number of fused-ring (bicyclic) bond motifs is 1. The number of thiophene rings is 1. The number of rotatable bonds is 5. The van der Waals surface area contributed by atoms with Crippen molar-refractivity contribution in [1.29, 1.82) is 0 Å². The quantitative estimate of drug-likeness (QED) is 0.484. The van der Waals surface area contributed by atoms with Gasteiger partial charge in [-0.05, 0) is 86.7 Å². The summed E-state index contributed by atoms with van der Waals surface area (Å²) in [6.45, 7) is 10.4. The molecule has 34 heavy (non-hydrogen) atoms. The van der Waals surface area contributed by atoms with Crippen molar-refractivity contribution in [1.82, 2.24) is 4.90 Å². The molecule has 0 spiro atoms. The summed E-state index contributed by atoms with van der Waals surface area (Å²) in [6, 6.07) is 7.53. The van der Waals surface area contributed by atoms with Gasteiger partial charge in [0.1, 0.15) is 5.00 Å². The van der Waals surface area contributed by atoms with Crippen LogP contribution in [0, 0.1) is 11.3 Å². The van der Waals surface area contributed by atoms with Gasteiger partial charge in [0, 0.05) is 21.6 Å². The van der Waals surface area contributed by atoms with Crippen LogP contribution in [0.2, 0.25) is 5.02 Å². The first-order chi connectivity index (χ1) is 16.1. The number of nitrogens with one attached hydrogen (secondary N) is 2. The van der Waals surface area contributed by atoms with Crippen molar-refractivity contribution in [2.24, 2.45) is 11.3 Å². The molecular formula is C27H36ClN3O2S. The largest absolute Gasteiger partial charge is 0.322 e. The molecule has 5 nitrogen and oxygen atoms in total. The Labute approximate surface area is 212 Å². The minimum Gasteiger partial charge on any atom is -0.322 e. The summed E-state index contributed by atoms with van der Waals surface area (Å²) >= 11 is 7.59. The summed E-state index contributed by atoms with van der Waals surface area (Å²) < 4.78 is 0. The van der Waals surface area contributed by atoms with Gasteiger partial charge in [-0.1, -0.05) is 38.8 Å². The van der Waals surface area contributed by atoms with E-state index in [2.05, 4.69) is 43.2 Å². The lowest BCUT2D eigenvalue weighted by molar-refractivity contribution is -0.118. The fourth-order valence-corrected chi connectivity index (χ4v) is 6.59. The molecule has 0 unspecified atom stereocenters. The maximum Gasteiger partial charge on any atom is 0.258 e. The van der Waals surface area contributed by atoms with E-state index >= 15 is 0 Å². The molecule has 0 radical (unpaired) electrons. The molecule has 0 bridgehead atoms. The van der Waals surface area contributed by atoms with Crippen molar-refractivity contribution >= 4 is 45.4 Å². The first-order valence-corrected chi connectivity index (χ1v) is 13.6. The fourth-order valence-electron chi connectivity index (χ4n) is 5.12. The summed E-state index contributed by atoms with van der Waals surface area (Å²) in [5.74, 6) is 0.347. The second-order valence-corrected chi connectivity index (χ2v) is 12.4. The van der Waals surface area contributed by atoms with Crippen LogP contribution in [0.5, 0.6) is 0 Å². The molecule has 2 N–H and O–H groups in total. The molecule has 184 valence electrons. The Morgan fingerprint density at radius 2 is 1.85 bits per heavy atom. The molecule has 1 saturated heterocycles. The number of anilines is 2. The van der Waals surface area contributed by atoms with Gasteiger partial charge in [-0.15, -0.1) is 11.3 Å². The smallest absolute Gasteiger partial charge is 0.258 e. The average molecular weight is 502 g/mol. The first kappa shape index (κ1) is 25.2. The summed E-state index contributed by atoms with van der Waals surface area (Å²) in [7, 11) is 0. The van der Waals surface area contributed by atoms with Crippen LogP contribution in [-0.4, -0.2) is 35.8 Å². The number of carbonyl (C=O) groups excluding carboxylic acids is 2. The summed E-state index contributed by atoms with van der Waals surface area (Å²) in [5.41, 5.74) is 2.62. The highest BCUT2D eigenvalue weighted by atomic mass is 35.5. The van der Waals surface area contributed by atoms with Gasteiger partial charge in [0.2, 0.25) is 5.91 Å². The lowest BCUT2D eigenvalue weighted by atomic mass is 9.72. The molecule has 1 aromatic heterocycles. The monoisotopic (exact) mass is 501 g/mol. The van der Waals surface area contributed by atoms with E-state index < -0.39 is 0 Å². The Morgan fingerprint density at radius 1 is 1.12 bits per heavy atom. The Kier molecular flexibility index (Phi) is 7.70. The van der Waals surface area contributed by atoms with Crippen LogP contribution in [-0.2, 0) is 17.6 Å². The van der Waals surface area contributed by atoms with E-state index in [-0.39, 0.29) is 17.2 Å². The second kappa shape index (κ2) is 10.4. The van der Waals surface area contributed by atoms with Gasteiger partial charge in [0.15, 0.2) is 0 Å². The second-order valence-electron chi connectivity index (χ2n) is 10.8. The number of benzene rings is 1. The van der Waals surface area contributed by atoms with E-state index in [1.807, 2.05) is 0 Å². The molecule has 1 aliphatic carbocycles. The van der Waals surface area contributed by atoms with Crippen LogP contribution in [0.15, 0.2) is 24.3 Å². The van der Waals surface area contributed by atoms with Crippen LogP contribution in [0.3, 0.4) is 0 Å². The zero-order chi connectivity index (χ0) is 24.5. The molecule has 1 aromatic carbocycles. The van der Waals surface area contributed by atoms with E-state index in [4.69, 9.17) is 11.6 Å². The maximum atomic E-state index is 13.5. The molecule has 4 rings (SSSR count). The van der Waals surface area contributed by atoms with Gasteiger partial charge in [0.25, 0.3) is 5.91 Å². The maximum absolute atomic E-state index is 13.5. The minimum absolute atomic E-state index is 0.0414. The Hall–Kier alpha value is -1.89. The van der Waals surface area contributed by atoms with Crippen molar-refractivity contribution in [3.05, 3.63) is 45.3 Å². The lowest BCUT2D eigenvalue weighted by Crippen LogP contribution is -2.42. The van der Waals surface area contributed by atoms with E-state index in [0.717, 1.165) is 44.2 Å². The van der Waals surface area contributed by atoms with E-state index in [1.165, 1.54) is 11.3 Å². The highest BCUT2D eigenvalue weighted by Crippen LogP contribution is 2.44. The summed E-state index contributed by atoms with van der Waals surface area (Å²) in [6.07, 6.45) is 6.34. The number of hydrogen-bond donors (Lipinski definition) is 2. The Bertz CT molecular complexity index is 1040. The molecule has 2 amide bonds. The molecular weight excluding hydrogens is 466 g/mol. The normalized spacial score (nSPS) is 21.1. The number of amides is 2. The van der Waals surface area contributed by atoms with E-state index in [9.17, 15) is 9.59 Å².